The van der Waals surface area contributed by atoms with E-state index < -0.39 is 0 Å². The third kappa shape index (κ3) is 2.14. The van der Waals surface area contributed by atoms with E-state index in [1.807, 2.05) is 6.07 Å². The van der Waals surface area contributed by atoms with Crippen molar-refractivity contribution in [2.24, 2.45) is 5.92 Å². The Morgan fingerprint density at radius 3 is 2.87 bits per heavy atom. The third-order valence-electron chi connectivity index (χ3n) is 3.46. The van der Waals surface area contributed by atoms with Gasteiger partial charge in [-0.15, -0.1) is 0 Å². The highest BCUT2D eigenvalue weighted by Crippen LogP contribution is 2.38. The van der Waals surface area contributed by atoms with Crippen molar-refractivity contribution in [1.82, 2.24) is 0 Å². The summed E-state index contributed by atoms with van der Waals surface area (Å²) in [4.78, 5) is 0. The summed E-state index contributed by atoms with van der Waals surface area (Å²) in [6.07, 6.45) is 4.83. The zero-order chi connectivity index (χ0) is 10.8. The van der Waals surface area contributed by atoms with Crippen LogP contribution in [0, 0.1) is 11.7 Å². The Labute approximate surface area is 90.5 Å². The Balaban J connectivity index is 2.24. The van der Waals surface area contributed by atoms with E-state index in [9.17, 15) is 4.39 Å². The Hall–Kier alpha value is -1.05. The molecule has 1 aromatic carbocycles. The number of hydrogen-bond acceptors (Lipinski definition) is 1. The maximum absolute atomic E-state index is 13.3. The van der Waals surface area contributed by atoms with Gasteiger partial charge in [-0.2, -0.15) is 0 Å². The largest absolute Gasteiger partial charge is 0.396 e. The predicted octanol–water partition coefficient (Wildman–Crippen LogP) is 3.70. The Morgan fingerprint density at radius 1 is 1.33 bits per heavy atom. The van der Waals surface area contributed by atoms with Crippen LogP contribution >= 0.6 is 0 Å². The molecule has 82 valence electrons. The molecule has 0 amide bonds. The molecular formula is C13H18FN. The fourth-order valence-electron chi connectivity index (χ4n) is 2.63. The highest BCUT2D eigenvalue weighted by molar-refractivity contribution is 5.49. The van der Waals surface area contributed by atoms with Gasteiger partial charge in [-0.1, -0.05) is 31.9 Å². The normalized spacial score (nSPS) is 26.5. The number of benzene rings is 1. The van der Waals surface area contributed by atoms with Crippen molar-refractivity contribution >= 4 is 5.69 Å². The van der Waals surface area contributed by atoms with Crippen molar-refractivity contribution < 1.29 is 4.39 Å². The first-order valence-corrected chi connectivity index (χ1v) is 5.72. The van der Waals surface area contributed by atoms with Crippen LogP contribution in [-0.4, -0.2) is 0 Å². The van der Waals surface area contributed by atoms with Crippen molar-refractivity contribution in [3.8, 4) is 0 Å². The molecular weight excluding hydrogens is 189 g/mol. The predicted molar refractivity (Wildman–Crippen MR) is 61.2 cm³/mol. The maximum Gasteiger partial charge on any atom is 0.146 e. The lowest BCUT2D eigenvalue weighted by molar-refractivity contribution is 0.344. The average molecular weight is 207 g/mol. The van der Waals surface area contributed by atoms with Crippen molar-refractivity contribution in [2.75, 3.05) is 5.73 Å². The standard InChI is InChI=1S/C13H18FN/c1-9-4-2-5-10(8-9)11-6-3-7-12(14)13(11)15/h3,6-7,9-10H,2,4-5,8,15H2,1H3/t9-,10-/m0/s1. The zero-order valence-electron chi connectivity index (χ0n) is 9.17. The van der Waals surface area contributed by atoms with E-state index in [1.54, 1.807) is 6.07 Å². The molecule has 2 N–H and O–H groups in total. The molecule has 2 rings (SSSR count). The van der Waals surface area contributed by atoms with E-state index in [0.29, 0.717) is 11.6 Å². The van der Waals surface area contributed by atoms with E-state index in [-0.39, 0.29) is 5.82 Å². The topological polar surface area (TPSA) is 26.0 Å². The second kappa shape index (κ2) is 4.21. The number of nitrogen functional groups attached to an aromatic ring is 1. The van der Waals surface area contributed by atoms with Crippen LogP contribution in [0.4, 0.5) is 10.1 Å². The quantitative estimate of drug-likeness (QED) is 0.698. The van der Waals surface area contributed by atoms with Crippen molar-refractivity contribution in [3.63, 3.8) is 0 Å². The second-order valence-corrected chi connectivity index (χ2v) is 4.71. The van der Waals surface area contributed by atoms with Gasteiger partial charge in [-0.3, -0.25) is 0 Å². The summed E-state index contributed by atoms with van der Waals surface area (Å²) in [5.41, 5.74) is 7.16. The van der Waals surface area contributed by atoms with Gasteiger partial charge in [0, 0.05) is 0 Å². The summed E-state index contributed by atoms with van der Waals surface area (Å²) in [5, 5.41) is 0. The van der Waals surface area contributed by atoms with Crippen LogP contribution in [0.3, 0.4) is 0 Å². The molecule has 1 nitrogen and oxygen atoms in total. The molecule has 1 saturated carbocycles. The Bertz CT molecular complexity index is 348. The summed E-state index contributed by atoms with van der Waals surface area (Å²) >= 11 is 0. The van der Waals surface area contributed by atoms with Gasteiger partial charge in [-0.25, -0.2) is 4.39 Å². The second-order valence-electron chi connectivity index (χ2n) is 4.71. The molecule has 0 heterocycles. The first-order valence-electron chi connectivity index (χ1n) is 5.72. The lowest BCUT2D eigenvalue weighted by Crippen LogP contribution is -2.13. The molecule has 1 aliphatic carbocycles. The van der Waals surface area contributed by atoms with Crippen LogP contribution in [-0.2, 0) is 0 Å². The number of nitrogens with two attached hydrogens (primary N) is 1. The number of rotatable bonds is 1. The number of halogens is 1. The van der Waals surface area contributed by atoms with Gasteiger partial charge in [0.2, 0.25) is 0 Å². The van der Waals surface area contributed by atoms with E-state index in [2.05, 4.69) is 6.92 Å². The highest BCUT2D eigenvalue weighted by atomic mass is 19.1. The summed E-state index contributed by atoms with van der Waals surface area (Å²) in [6, 6.07) is 5.17. The maximum atomic E-state index is 13.3. The molecule has 1 fully saturated rings. The first-order chi connectivity index (χ1) is 7.18. The molecule has 0 radical (unpaired) electrons. The molecule has 0 saturated heterocycles. The Morgan fingerprint density at radius 2 is 2.13 bits per heavy atom. The molecule has 2 heteroatoms. The van der Waals surface area contributed by atoms with Gasteiger partial charge in [-0.05, 0) is 36.3 Å². The molecule has 2 atom stereocenters. The number of anilines is 1. The molecule has 0 bridgehead atoms. The monoisotopic (exact) mass is 207 g/mol. The lowest BCUT2D eigenvalue weighted by Gasteiger charge is -2.27. The highest BCUT2D eigenvalue weighted by Gasteiger charge is 2.22. The van der Waals surface area contributed by atoms with Crippen LogP contribution in [0.25, 0.3) is 0 Å². The summed E-state index contributed by atoms with van der Waals surface area (Å²) in [5.74, 6) is 0.932. The third-order valence-corrected chi connectivity index (χ3v) is 3.46. The SMILES string of the molecule is C[C@H]1CCC[C@H](c2cccc(F)c2N)C1. The average Bonchev–Trinajstić information content (AvgIpc) is 2.22. The smallest absolute Gasteiger partial charge is 0.146 e. The lowest BCUT2D eigenvalue weighted by atomic mass is 9.78. The van der Waals surface area contributed by atoms with Crippen LogP contribution in [0.5, 0.6) is 0 Å². The molecule has 0 aliphatic heterocycles. The number of para-hydroxylation sites is 1. The van der Waals surface area contributed by atoms with Crippen molar-refractivity contribution in [3.05, 3.63) is 29.6 Å². The van der Waals surface area contributed by atoms with E-state index in [1.165, 1.54) is 18.9 Å². The molecule has 15 heavy (non-hydrogen) atoms. The zero-order valence-corrected chi connectivity index (χ0v) is 9.17. The van der Waals surface area contributed by atoms with Gasteiger partial charge >= 0.3 is 0 Å². The molecule has 1 aliphatic rings. The minimum atomic E-state index is -0.272. The van der Waals surface area contributed by atoms with Gasteiger partial charge < -0.3 is 5.73 Å². The van der Waals surface area contributed by atoms with Gasteiger partial charge in [0.25, 0.3) is 0 Å². The molecule has 0 unspecified atom stereocenters. The summed E-state index contributed by atoms with van der Waals surface area (Å²) < 4.78 is 13.3. The molecule has 1 aromatic rings. The summed E-state index contributed by atoms with van der Waals surface area (Å²) in [7, 11) is 0. The van der Waals surface area contributed by atoms with Crippen molar-refractivity contribution in [2.45, 2.75) is 38.5 Å². The Kier molecular flexibility index (Phi) is 2.94. The van der Waals surface area contributed by atoms with Crippen LogP contribution in [0.1, 0.15) is 44.1 Å². The molecule has 0 spiro atoms. The first kappa shape index (κ1) is 10.5. The minimum absolute atomic E-state index is 0.272. The van der Waals surface area contributed by atoms with Crippen molar-refractivity contribution in [1.29, 1.82) is 0 Å². The number of hydrogen-bond donors (Lipinski definition) is 1. The fraction of sp³-hybridized carbons (Fsp3) is 0.538. The summed E-state index contributed by atoms with van der Waals surface area (Å²) in [6.45, 7) is 2.27. The van der Waals surface area contributed by atoms with Gasteiger partial charge in [0.15, 0.2) is 0 Å². The van der Waals surface area contributed by atoms with E-state index in [0.717, 1.165) is 24.3 Å². The van der Waals surface area contributed by atoms with E-state index >= 15 is 0 Å². The van der Waals surface area contributed by atoms with Gasteiger partial charge in [0.1, 0.15) is 5.82 Å². The van der Waals surface area contributed by atoms with Crippen LogP contribution in [0.2, 0.25) is 0 Å². The fourth-order valence-corrected chi connectivity index (χ4v) is 2.63. The minimum Gasteiger partial charge on any atom is -0.396 e. The van der Waals surface area contributed by atoms with E-state index in [4.69, 9.17) is 5.73 Å². The van der Waals surface area contributed by atoms with Crippen LogP contribution < -0.4 is 5.73 Å². The molecule has 0 aromatic heterocycles. The van der Waals surface area contributed by atoms with Crippen LogP contribution in [0.15, 0.2) is 18.2 Å². The van der Waals surface area contributed by atoms with Gasteiger partial charge in [0.05, 0.1) is 5.69 Å².